The largest absolute Gasteiger partial charge is 0.309 e. The summed E-state index contributed by atoms with van der Waals surface area (Å²) in [5.74, 6) is 0.137. The van der Waals surface area contributed by atoms with Gasteiger partial charge in [-0.05, 0) is 46.8 Å². The lowest BCUT2D eigenvalue weighted by atomic mass is 9.94. The zero-order chi connectivity index (χ0) is 13.9. The molecule has 1 aromatic rings. The maximum atomic E-state index is 11.6. The summed E-state index contributed by atoms with van der Waals surface area (Å²) in [4.78, 5) is 1.42. The Balaban J connectivity index is 1.91. The third kappa shape index (κ3) is 4.26. The highest BCUT2D eigenvalue weighted by Gasteiger charge is 2.22. The molecule has 7 heteroatoms. The van der Waals surface area contributed by atoms with Crippen LogP contribution in [0.1, 0.15) is 36.2 Å². The zero-order valence-corrected chi connectivity index (χ0v) is 14.1. The van der Waals surface area contributed by atoms with Crippen LogP contribution in [0.4, 0.5) is 0 Å². The SMILES string of the molecule is CCNS(=O)(=O)CCNC1CCCc2sc(Br)cc21. The predicted molar refractivity (Wildman–Crippen MR) is 83.2 cm³/mol. The molecule has 1 unspecified atom stereocenters. The molecule has 0 bridgehead atoms. The molecule has 1 atom stereocenters. The minimum absolute atomic E-state index is 0.137. The van der Waals surface area contributed by atoms with E-state index in [1.54, 1.807) is 18.3 Å². The Morgan fingerprint density at radius 2 is 2.32 bits per heavy atom. The van der Waals surface area contributed by atoms with Crippen LogP contribution in [0, 0.1) is 0 Å². The fraction of sp³-hybridized carbons (Fsp3) is 0.667. The number of hydrogen-bond acceptors (Lipinski definition) is 4. The first-order chi connectivity index (χ1) is 9.02. The molecule has 0 radical (unpaired) electrons. The zero-order valence-electron chi connectivity index (χ0n) is 10.9. The van der Waals surface area contributed by atoms with Crippen LogP contribution in [0.2, 0.25) is 0 Å². The molecule has 1 aliphatic carbocycles. The van der Waals surface area contributed by atoms with Gasteiger partial charge in [0.15, 0.2) is 0 Å². The lowest BCUT2D eigenvalue weighted by Gasteiger charge is -2.23. The smallest absolute Gasteiger partial charge is 0.212 e. The summed E-state index contributed by atoms with van der Waals surface area (Å²) in [6.45, 7) is 2.74. The molecule has 1 aliphatic rings. The van der Waals surface area contributed by atoms with Crippen molar-refractivity contribution in [1.82, 2.24) is 10.0 Å². The first-order valence-electron chi connectivity index (χ1n) is 6.50. The molecule has 0 amide bonds. The van der Waals surface area contributed by atoms with Gasteiger partial charge in [-0.15, -0.1) is 11.3 Å². The Morgan fingerprint density at radius 3 is 3.05 bits per heavy atom. The van der Waals surface area contributed by atoms with Crippen molar-refractivity contribution in [2.24, 2.45) is 0 Å². The first kappa shape index (κ1) is 15.4. The molecule has 1 heterocycles. The van der Waals surface area contributed by atoms with Crippen LogP contribution in [0.3, 0.4) is 0 Å². The molecule has 0 aliphatic heterocycles. The molecule has 1 aromatic heterocycles. The summed E-state index contributed by atoms with van der Waals surface area (Å²) >= 11 is 5.31. The second-order valence-electron chi connectivity index (χ2n) is 4.64. The summed E-state index contributed by atoms with van der Waals surface area (Å²) in [7, 11) is -3.12. The van der Waals surface area contributed by atoms with E-state index < -0.39 is 10.0 Å². The summed E-state index contributed by atoms with van der Waals surface area (Å²) in [6.07, 6.45) is 3.38. The summed E-state index contributed by atoms with van der Waals surface area (Å²) in [5, 5.41) is 3.37. The topological polar surface area (TPSA) is 58.2 Å². The molecule has 2 rings (SSSR count). The minimum atomic E-state index is -3.12. The maximum Gasteiger partial charge on any atom is 0.212 e. The van der Waals surface area contributed by atoms with Crippen LogP contribution >= 0.6 is 27.3 Å². The van der Waals surface area contributed by atoms with Crippen molar-refractivity contribution in [2.75, 3.05) is 18.8 Å². The number of nitrogens with one attached hydrogen (secondary N) is 2. The number of hydrogen-bond donors (Lipinski definition) is 2. The molecule has 0 saturated heterocycles. The highest BCUT2D eigenvalue weighted by atomic mass is 79.9. The van der Waals surface area contributed by atoms with Crippen molar-refractivity contribution in [3.8, 4) is 0 Å². The first-order valence-corrected chi connectivity index (χ1v) is 9.77. The van der Waals surface area contributed by atoms with Crippen molar-refractivity contribution in [3.05, 3.63) is 20.3 Å². The number of rotatable bonds is 6. The Bertz CT molecular complexity index is 528. The van der Waals surface area contributed by atoms with Crippen molar-refractivity contribution < 1.29 is 8.42 Å². The third-order valence-electron chi connectivity index (χ3n) is 3.21. The van der Waals surface area contributed by atoms with E-state index in [1.165, 1.54) is 10.4 Å². The lowest BCUT2D eigenvalue weighted by molar-refractivity contribution is 0.474. The van der Waals surface area contributed by atoms with Crippen LogP contribution in [-0.4, -0.2) is 27.3 Å². The quantitative estimate of drug-likeness (QED) is 0.812. The Labute approximate surface area is 127 Å². The number of thiophene rings is 1. The molecule has 4 nitrogen and oxygen atoms in total. The van der Waals surface area contributed by atoms with E-state index in [-0.39, 0.29) is 5.75 Å². The third-order valence-corrected chi connectivity index (χ3v) is 6.39. The monoisotopic (exact) mass is 366 g/mol. The molecule has 19 heavy (non-hydrogen) atoms. The van der Waals surface area contributed by atoms with Crippen LogP contribution in [-0.2, 0) is 16.4 Å². The second kappa shape index (κ2) is 6.67. The van der Waals surface area contributed by atoms with Gasteiger partial charge >= 0.3 is 0 Å². The van der Waals surface area contributed by atoms with Gasteiger partial charge in [-0.1, -0.05) is 6.92 Å². The molecule has 2 N–H and O–H groups in total. The van der Waals surface area contributed by atoms with Gasteiger partial charge in [0, 0.05) is 24.0 Å². The van der Waals surface area contributed by atoms with Gasteiger partial charge < -0.3 is 5.32 Å². The summed E-state index contributed by atoms with van der Waals surface area (Å²) in [5.41, 5.74) is 1.34. The van der Waals surface area contributed by atoms with E-state index in [1.807, 2.05) is 0 Å². The van der Waals surface area contributed by atoms with Gasteiger partial charge in [0.25, 0.3) is 0 Å². The number of aryl methyl sites for hydroxylation is 1. The standard InChI is InChI=1S/C12H19BrN2O2S2/c1-2-15-19(16,17)7-6-14-10-4-3-5-11-9(10)8-12(13)18-11/h8,10,14-15H,2-7H2,1H3. The van der Waals surface area contributed by atoms with Gasteiger partial charge in [0.2, 0.25) is 10.0 Å². The predicted octanol–water partition coefficient (Wildman–Crippen LogP) is 2.42. The molecular formula is C12H19BrN2O2S2. The van der Waals surface area contributed by atoms with Gasteiger partial charge in [-0.25, -0.2) is 13.1 Å². The number of halogens is 1. The Kier molecular flexibility index (Phi) is 5.42. The van der Waals surface area contributed by atoms with E-state index in [2.05, 4.69) is 32.0 Å². The van der Waals surface area contributed by atoms with Crippen LogP contribution in [0.5, 0.6) is 0 Å². The van der Waals surface area contributed by atoms with Gasteiger partial charge in [0.05, 0.1) is 9.54 Å². The average molecular weight is 367 g/mol. The van der Waals surface area contributed by atoms with Crippen LogP contribution in [0.25, 0.3) is 0 Å². The molecular weight excluding hydrogens is 348 g/mol. The normalized spacial score (nSPS) is 19.4. The van der Waals surface area contributed by atoms with Crippen molar-refractivity contribution >= 4 is 37.3 Å². The summed E-state index contributed by atoms with van der Waals surface area (Å²) < 4.78 is 26.8. The van der Waals surface area contributed by atoms with E-state index in [4.69, 9.17) is 0 Å². The summed E-state index contributed by atoms with van der Waals surface area (Å²) in [6, 6.07) is 2.46. The van der Waals surface area contributed by atoms with Crippen LogP contribution < -0.4 is 10.0 Å². The molecule has 108 valence electrons. The molecule has 0 aromatic carbocycles. The second-order valence-corrected chi connectivity index (χ2v) is 9.09. The maximum absolute atomic E-state index is 11.6. The molecule has 0 saturated carbocycles. The minimum Gasteiger partial charge on any atom is -0.309 e. The van der Waals surface area contributed by atoms with E-state index >= 15 is 0 Å². The van der Waals surface area contributed by atoms with Crippen molar-refractivity contribution in [2.45, 2.75) is 32.2 Å². The Hall–Kier alpha value is 0.0500. The van der Waals surface area contributed by atoms with Crippen molar-refractivity contribution in [3.63, 3.8) is 0 Å². The average Bonchev–Trinajstić information content (AvgIpc) is 2.70. The Morgan fingerprint density at radius 1 is 1.53 bits per heavy atom. The molecule has 0 spiro atoms. The fourth-order valence-electron chi connectivity index (χ4n) is 2.39. The van der Waals surface area contributed by atoms with Gasteiger partial charge in [-0.2, -0.15) is 0 Å². The van der Waals surface area contributed by atoms with Gasteiger partial charge in [-0.3, -0.25) is 0 Å². The number of fused-ring (bicyclic) bond motifs is 1. The van der Waals surface area contributed by atoms with E-state index in [9.17, 15) is 8.42 Å². The number of sulfonamides is 1. The highest BCUT2D eigenvalue weighted by molar-refractivity contribution is 9.11. The molecule has 0 fully saturated rings. The van der Waals surface area contributed by atoms with E-state index in [0.29, 0.717) is 19.1 Å². The van der Waals surface area contributed by atoms with Gasteiger partial charge in [0.1, 0.15) is 0 Å². The lowest BCUT2D eigenvalue weighted by Crippen LogP contribution is -2.34. The van der Waals surface area contributed by atoms with E-state index in [0.717, 1.165) is 23.0 Å². The fourth-order valence-corrected chi connectivity index (χ4v) is 5.18. The van der Waals surface area contributed by atoms with Crippen molar-refractivity contribution in [1.29, 1.82) is 0 Å². The highest BCUT2D eigenvalue weighted by Crippen LogP contribution is 2.37. The van der Waals surface area contributed by atoms with Crippen LogP contribution in [0.15, 0.2) is 9.85 Å².